The first kappa shape index (κ1) is 15.0. The van der Waals surface area contributed by atoms with E-state index in [4.69, 9.17) is 0 Å². The molecule has 0 bridgehead atoms. The number of benzene rings is 1. The Bertz CT molecular complexity index is 526. The van der Waals surface area contributed by atoms with Crippen molar-refractivity contribution in [3.05, 3.63) is 35.9 Å². The first-order valence-corrected chi connectivity index (χ1v) is 8.07. The predicted molar refractivity (Wildman–Crippen MR) is 84.2 cm³/mol. The maximum atomic E-state index is 12.3. The van der Waals surface area contributed by atoms with Gasteiger partial charge in [0.1, 0.15) is 0 Å². The lowest BCUT2D eigenvalue weighted by molar-refractivity contribution is -0.129. The van der Waals surface area contributed by atoms with E-state index in [0.29, 0.717) is 12.6 Å². The van der Waals surface area contributed by atoms with Crippen LogP contribution in [-0.4, -0.2) is 42.4 Å². The van der Waals surface area contributed by atoms with Crippen LogP contribution in [0.25, 0.3) is 0 Å². The maximum Gasteiger partial charge on any atom is 0.234 e. The maximum absolute atomic E-state index is 12.3. The van der Waals surface area contributed by atoms with Crippen molar-refractivity contribution in [2.75, 3.05) is 19.6 Å². The van der Waals surface area contributed by atoms with Crippen LogP contribution in [0.5, 0.6) is 0 Å². The van der Waals surface area contributed by atoms with E-state index < -0.39 is 0 Å². The molecule has 2 amide bonds. The fourth-order valence-corrected chi connectivity index (χ4v) is 3.39. The van der Waals surface area contributed by atoms with Gasteiger partial charge in [-0.1, -0.05) is 43.2 Å². The van der Waals surface area contributed by atoms with E-state index in [0.717, 1.165) is 18.4 Å². The van der Waals surface area contributed by atoms with Gasteiger partial charge >= 0.3 is 0 Å². The fourth-order valence-electron chi connectivity index (χ4n) is 3.39. The molecule has 1 aromatic rings. The molecule has 0 aromatic heterocycles. The molecule has 0 spiro atoms. The van der Waals surface area contributed by atoms with Crippen molar-refractivity contribution < 1.29 is 9.59 Å². The van der Waals surface area contributed by atoms with Gasteiger partial charge in [-0.3, -0.25) is 14.5 Å². The second-order valence-electron chi connectivity index (χ2n) is 6.18. The topological polar surface area (TPSA) is 61.4 Å². The highest BCUT2D eigenvalue weighted by Crippen LogP contribution is 2.22. The van der Waals surface area contributed by atoms with E-state index in [2.05, 4.69) is 10.6 Å². The third-order valence-corrected chi connectivity index (χ3v) is 4.53. The Hall–Kier alpha value is -1.88. The third kappa shape index (κ3) is 3.65. The van der Waals surface area contributed by atoms with Gasteiger partial charge in [-0.2, -0.15) is 0 Å². The number of nitrogens with zero attached hydrogens (tertiary/aromatic N) is 1. The van der Waals surface area contributed by atoms with Crippen LogP contribution in [0.3, 0.4) is 0 Å². The second-order valence-corrected chi connectivity index (χ2v) is 6.18. The van der Waals surface area contributed by atoms with E-state index in [9.17, 15) is 9.59 Å². The Kier molecular flexibility index (Phi) is 4.73. The molecule has 118 valence electrons. The van der Waals surface area contributed by atoms with Crippen molar-refractivity contribution in [1.82, 2.24) is 15.5 Å². The SMILES string of the molecule is O=C1CN(CC(=O)NC2CCCC2)C(c2ccccc2)CN1. The number of amides is 2. The molecule has 1 aliphatic carbocycles. The van der Waals surface area contributed by atoms with Crippen molar-refractivity contribution in [3.63, 3.8) is 0 Å². The Morgan fingerprint density at radius 2 is 1.95 bits per heavy atom. The average molecular weight is 301 g/mol. The highest BCUT2D eigenvalue weighted by atomic mass is 16.2. The van der Waals surface area contributed by atoms with Crippen LogP contribution in [0.2, 0.25) is 0 Å². The zero-order valence-electron chi connectivity index (χ0n) is 12.8. The number of piperazine rings is 1. The summed E-state index contributed by atoms with van der Waals surface area (Å²) in [4.78, 5) is 25.9. The smallest absolute Gasteiger partial charge is 0.234 e. The highest BCUT2D eigenvalue weighted by Gasteiger charge is 2.29. The normalized spacial score (nSPS) is 23.3. The second kappa shape index (κ2) is 6.92. The average Bonchev–Trinajstić information content (AvgIpc) is 3.01. The third-order valence-electron chi connectivity index (χ3n) is 4.53. The molecule has 1 aromatic carbocycles. The van der Waals surface area contributed by atoms with Crippen LogP contribution in [-0.2, 0) is 9.59 Å². The summed E-state index contributed by atoms with van der Waals surface area (Å²) in [5.41, 5.74) is 1.14. The Labute approximate surface area is 131 Å². The molecule has 2 fully saturated rings. The molecule has 0 radical (unpaired) electrons. The van der Waals surface area contributed by atoms with Crippen molar-refractivity contribution in [2.24, 2.45) is 0 Å². The summed E-state index contributed by atoms with van der Waals surface area (Å²) in [5.74, 6) is 0.0170. The van der Waals surface area contributed by atoms with Crippen LogP contribution in [0.15, 0.2) is 30.3 Å². The first-order chi connectivity index (χ1) is 10.7. The van der Waals surface area contributed by atoms with E-state index in [1.165, 1.54) is 12.8 Å². The van der Waals surface area contributed by atoms with Crippen molar-refractivity contribution in [3.8, 4) is 0 Å². The van der Waals surface area contributed by atoms with E-state index >= 15 is 0 Å². The number of carbonyl (C=O) groups is 2. The molecule has 5 nitrogen and oxygen atoms in total. The van der Waals surface area contributed by atoms with Gasteiger partial charge in [0, 0.05) is 12.6 Å². The van der Waals surface area contributed by atoms with Gasteiger partial charge in [0.25, 0.3) is 0 Å². The van der Waals surface area contributed by atoms with Gasteiger partial charge in [0.15, 0.2) is 0 Å². The zero-order valence-corrected chi connectivity index (χ0v) is 12.8. The molecule has 1 unspecified atom stereocenters. The Morgan fingerprint density at radius 1 is 1.23 bits per heavy atom. The van der Waals surface area contributed by atoms with Gasteiger partial charge in [-0.15, -0.1) is 0 Å². The van der Waals surface area contributed by atoms with Gasteiger partial charge in [0.2, 0.25) is 11.8 Å². The highest BCUT2D eigenvalue weighted by molar-refractivity contribution is 5.82. The minimum atomic E-state index is -0.0131. The van der Waals surface area contributed by atoms with Crippen LogP contribution in [0.1, 0.15) is 37.3 Å². The number of hydrogen-bond donors (Lipinski definition) is 2. The number of carbonyl (C=O) groups excluding carboxylic acids is 2. The molecular weight excluding hydrogens is 278 g/mol. The van der Waals surface area contributed by atoms with Crippen LogP contribution < -0.4 is 10.6 Å². The van der Waals surface area contributed by atoms with Gasteiger partial charge < -0.3 is 10.6 Å². The van der Waals surface area contributed by atoms with Crippen molar-refractivity contribution in [2.45, 2.75) is 37.8 Å². The molecule has 1 heterocycles. The summed E-state index contributed by atoms with van der Waals surface area (Å²) in [6.07, 6.45) is 4.55. The standard InChI is InChI=1S/C17H23N3O2/c21-16-11-20(12-17(22)19-14-8-4-5-9-14)15(10-18-16)13-6-2-1-3-7-13/h1-3,6-7,14-15H,4-5,8-12H2,(H,18,21)(H,19,22). The number of nitrogens with one attached hydrogen (secondary N) is 2. The Morgan fingerprint density at radius 3 is 2.68 bits per heavy atom. The van der Waals surface area contributed by atoms with Crippen LogP contribution in [0, 0.1) is 0 Å². The molecule has 1 saturated heterocycles. The summed E-state index contributed by atoms with van der Waals surface area (Å²) < 4.78 is 0. The monoisotopic (exact) mass is 301 g/mol. The molecule has 2 N–H and O–H groups in total. The summed E-state index contributed by atoms with van der Waals surface area (Å²) >= 11 is 0. The number of rotatable bonds is 4. The van der Waals surface area contributed by atoms with Crippen LogP contribution in [0.4, 0.5) is 0 Å². The van der Waals surface area contributed by atoms with E-state index in [-0.39, 0.29) is 30.9 Å². The van der Waals surface area contributed by atoms with E-state index in [1.54, 1.807) is 0 Å². The molecule has 22 heavy (non-hydrogen) atoms. The summed E-state index contributed by atoms with van der Waals surface area (Å²) in [6.45, 7) is 1.11. The zero-order chi connectivity index (χ0) is 15.4. The Balaban J connectivity index is 1.64. The van der Waals surface area contributed by atoms with Crippen molar-refractivity contribution >= 4 is 11.8 Å². The quantitative estimate of drug-likeness (QED) is 0.879. The lowest BCUT2D eigenvalue weighted by Crippen LogP contribution is -2.53. The summed E-state index contributed by atoms with van der Waals surface area (Å²) in [5, 5.41) is 6.00. The summed E-state index contributed by atoms with van der Waals surface area (Å²) in [6, 6.07) is 10.4. The molecule has 3 rings (SSSR count). The molecular formula is C17H23N3O2. The minimum absolute atomic E-state index is 0.0131. The summed E-state index contributed by atoms with van der Waals surface area (Å²) in [7, 11) is 0. The molecule has 1 aliphatic heterocycles. The van der Waals surface area contributed by atoms with Crippen molar-refractivity contribution in [1.29, 1.82) is 0 Å². The minimum Gasteiger partial charge on any atom is -0.353 e. The lowest BCUT2D eigenvalue weighted by Gasteiger charge is -2.35. The van der Waals surface area contributed by atoms with Gasteiger partial charge in [0.05, 0.1) is 19.1 Å². The molecule has 5 heteroatoms. The first-order valence-electron chi connectivity index (χ1n) is 8.07. The molecule has 2 aliphatic rings. The number of hydrogen-bond acceptors (Lipinski definition) is 3. The fraction of sp³-hybridized carbons (Fsp3) is 0.529. The van der Waals surface area contributed by atoms with Crippen LogP contribution >= 0.6 is 0 Å². The molecule has 1 atom stereocenters. The lowest BCUT2D eigenvalue weighted by atomic mass is 10.0. The van der Waals surface area contributed by atoms with E-state index in [1.807, 2.05) is 35.2 Å². The molecule has 1 saturated carbocycles. The van der Waals surface area contributed by atoms with Gasteiger partial charge in [-0.25, -0.2) is 0 Å². The largest absolute Gasteiger partial charge is 0.353 e. The van der Waals surface area contributed by atoms with Gasteiger partial charge in [-0.05, 0) is 18.4 Å². The predicted octanol–water partition coefficient (Wildman–Crippen LogP) is 1.22.